The van der Waals surface area contributed by atoms with Crippen LogP contribution in [0.25, 0.3) is 0 Å². The highest BCUT2D eigenvalue weighted by molar-refractivity contribution is 9.10. The van der Waals surface area contributed by atoms with Crippen LogP contribution in [-0.2, 0) is 6.54 Å². The van der Waals surface area contributed by atoms with Crippen LogP contribution >= 0.6 is 15.9 Å². The molecule has 1 nitrogen and oxygen atoms in total. The third-order valence-corrected chi connectivity index (χ3v) is 4.30. The molecule has 1 saturated carbocycles. The molecule has 0 spiro atoms. The predicted octanol–water partition coefficient (Wildman–Crippen LogP) is 4.26. The lowest BCUT2D eigenvalue weighted by Gasteiger charge is -2.27. The standard InChI is InChI=1S/C14H19BrFN/c1-10-3-2-4-13(7-10)17-9-11-8-12(16)5-6-14(11)15/h5-6,8,10,13,17H,2-4,7,9H2,1H3. The van der Waals surface area contributed by atoms with Crippen molar-refractivity contribution in [3.63, 3.8) is 0 Å². The lowest BCUT2D eigenvalue weighted by Crippen LogP contribution is -2.33. The van der Waals surface area contributed by atoms with Crippen LogP contribution in [0.2, 0.25) is 0 Å². The minimum atomic E-state index is -0.165. The van der Waals surface area contributed by atoms with Crippen molar-refractivity contribution in [1.29, 1.82) is 0 Å². The van der Waals surface area contributed by atoms with Gasteiger partial charge in [-0.15, -0.1) is 0 Å². The summed E-state index contributed by atoms with van der Waals surface area (Å²) >= 11 is 3.46. The maximum Gasteiger partial charge on any atom is 0.123 e. The number of benzene rings is 1. The van der Waals surface area contributed by atoms with E-state index < -0.39 is 0 Å². The summed E-state index contributed by atoms with van der Waals surface area (Å²) < 4.78 is 14.1. The quantitative estimate of drug-likeness (QED) is 0.879. The Morgan fingerprint density at radius 3 is 3.00 bits per heavy atom. The SMILES string of the molecule is CC1CCCC(NCc2cc(F)ccc2Br)C1. The molecule has 0 bridgehead atoms. The zero-order chi connectivity index (χ0) is 12.3. The smallest absolute Gasteiger partial charge is 0.123 e. The molecule has 3 heteroatoms. The van der Waals surface area contributed by atoms with E-state index in [2.05, 4.69) is 28.2 Å². The van der Waals surface area contributed by atoms with Crippen LogP contribution in [0.5, 0.6) is 0 Å². The number of hydrogen-bond donors (Lipinski definition) is 1. The van der Waals surface area contributed by atoms with Gasteiger partial charge in [-0.05, 0) is 42.5 Å². The van der Waals surface area contributed by atoms with E-state index in [0.717, 1.165) is 22.5 Å². The third kappa shape index (κ3) is 3.78. The summed E-state index contributed by atoms with van der Waals surface area (Å²) in [4.78, 5) is 0. The second-order valence-corrected chi connectivity index (χ2v) is 5.94. The van der Waals surface area contributed by atoms with Crippen LogP contribution in [-0.4, -0.2) is 6.04 Å². The Kier molecular flexibility index (Phi) is 4.57. The Morgan fingerprint density at radius 1 is 1.41 bits per heavy atom. The molecular weight excluding hydrogens is 281 g/mol. The Hall–Kier alpha value is -0.410. The summed E-state index contributed by atoms with van der Waals surface area (Å²) in [5.41, 5.74) is 1.00. The minimum Gasteiger partial charge on any atom is -0.310 e. The van der Waals surface area contributed by atoms with Gasteiger partial charge in [0, 0.05) is 17.1 Å². The normalized spacial score (nSPS) is 24.9. The van der Waals surface area contributed by atoms with Crippen molar-refractivity contribution < 1.29 is 4.39 Å². The molecule has 94 valence electrons. The van der Waals surface area contributed by atoms with Crippen molar-refractivity contribution in [2.75, 3.05) is 0 Å². The molecule has 1 fully saturated rings. The number of rotatable bonds is 3. The average molecular weight is 300 g/mol. The summed E-state index contributed by atoms with van der Waals surface area (Å²) in [7, 11) is 0. The second kappa shape index (κ2) is 5.96. The molecule has 0 heterocycles. The van der Waals surface area contributed by atoms with Gasteiger partial charge in [0.25, 0.3) is 0 Å². The Balaban J connectivity index is 1.90. The van der Waals surface area contributed by atoms with Gasteiger partial charge in [-0.2, -0.15) is 0 Å². The maximum absolute atomic E-state index is 13.1. The Bertz CT molecular complexity index is 380. The van der Waals surface area contributed by atoms with Crippen LogP contribution in [0.15, 0.2) is 22.7 Å². The predicted molar refractivity (Wildman–Crippen MR) is 72.4 cm³/mol. The highest BCUT2D eigenvalue weighted by Crippen LogP contribution is 2.24. The lowest BCUT2D eigenvalue weighted by atomic mass is 9.87. The highest BCUT2D eigenvalue weighted by atomic mass is 79.9. The van der Waals surface area contributed by atoms with Crippen molar-refractivity contribution in [1.82, 2.24) is 5.32 Å². The first-order valence-corrected chi connectivity index (χ1v) is 7.12. The van der Waals surface area contributed by atoms with E-state index in [9.17, 15) is 4.39 Å². The summed E-state index contributed by atoms with van der Waals surface area (Å²) in [6.07, 6.45) is 5.15. The van der Waals surface area contributed by atoms with Crippen molar-refractivity contribution in [3.05, 3.63) is 34.1 Å². The van der Waals surface area contributed by atoms with Gasteiger partial charge in [-0.25, -0.2) is 4.39 Å². The van der Waals surface area contributed by atoms with Crippen molar-refractivity contribution in [3.8, 4) is 0 Å². The molecule has 1 aromatic carbocycles. The molecule has 0 aliphatic heterocycles. The van der Waals surface area contributed by atoms with E-state index in [0.29, 0.717) is 6.04 Å². The van der Waals surface area contributed by atoms with Gasteiger partial charge >= 0.3 is 0 Å². The third-order valence-electron chi connectivity index (χ3n) is 3.53. The fourth-order valence-electron chi connectivity index (χ4n) is 2.55. The van der Waals surface area contributed by atoms with Crippen LogP contribution < -0.4 is 5.32 Å². The van der Waals surface area contributed by atoms with Gasteiger partial charge in [0.15, 0.2) is 0 Å². The monoisotopic (exact) mass is 299 g/mol. The number of hydrogen-bond acceptors (Lipinski definition) is 1. The van der Waals surface area contributed by atoms with Crippen LogP contribution in [0.4, 0.5) is 4.39 Å². The van der Waals surface area contributed by atoms with E-state index >= 15 is 0 Å². The van der Waals surface area contributed by atoms with Gasteiger partial charge in [-0.1, -0.05) is 35.7 Å². The first-order valence-electron chi connectivity index (χ1n) is 6.32. The van der Waals surface area contributed by atoms with E-state index in [1.165, 1.54) is 31.7 Å². The van der Waals surface area contributed by atoms with Gasteiger partial charge in [0.2, 0.25) is 0 Å². The van der Waals surface area contributed by atoms with Crippen molar-refractivity contribution >= 4 is 15.9 Å². The fraction of sp³-hybridized carbons (Fsp3) is 0.571. The van der Waals surface area contributed by atoms with Gasteiger partial charge < -0.3 is 5.32 Å². The maximum atomic E-state index is 13.1. The molecule has 2 unspecified atom stereocenters. The fourth-order valence-corrected chi connectivity index (χ4v) is 2.94. The number of halogens is 2. The highest BCUT2D eigenvalue weighted by Gasteiger charge is 2.18. The molecule has 17 heavy (non-hydrogen) atoms. The van der Waals surface area contributed by atoms with Gasteiger partial charge in [-0.3, -0.25) is 0 Å². The van der Waals surface area contributed by atoms with Gasteiger partial charge in [0.05, 0.1) is 0 Å². The molecule has 0 saturated heterocycles. The van der Waals surface area contributed by atoms with Crippen molar-refractivity contribution in [2.24, 2.45) is 5.92 Å². The average Bonchev–Trinajstić information content (AvgIpc) is 2.30. The van der Waals surface area contributed by atoms with Crippen LogP contribution in [0, 0.1) is 11.7 Å². The molecular formula is C14H19BrFN. The summed E-state index contributed by atoms with van der Waals surface area (Å²) in [5.74, 6) is 0.652. The Morgan fingerprint density at radius 2 is 2.24 bits per heavy atom. The minimum absolute atomic E-state index is 0.165. The first kappa shape index (κ1) is 13.0. The molecule has 2 rings (SSSR count). The molecule has 1 N–H and O–H groups in total. The summed E-state index contributed by atoms with van der Waals surface area (Å²) in [6.45, 7) is 3.06. The molecule has 1 aliphatic carbocycles. The zero-order valence-corrected chi connectivity index (χ0v) is 11.8. The molecule has 0 aromatic heterocycles. The zero-order valence-electron chi connectivity index (χ0n) is 10.2. The van der Waals surface area contributed by atoms with E-state index in [4.69, 9.17) is 0 Å². The van der Waals surface area contributed by atoms with E-state index in [1.807, 2.05) is 0 Å². The lowest BCUT2D eigenvalue weighted by molar-refractivity contribution is 0.300. The molecule has 0 radical (unpaired) electrons. The summed E-state index contributed by atoms with van der Waals surface area (Å²) in [6, 6.07) is 5.45. The number of nitrogens with one attached hydrogen (secondary N) is 1. The summed E-state index contributed by atoms with van der Waals surface area (Å²) in [5, 5.41) is 3.54. The van der Waals surface area contributed by atoms with Crippen LogP contribution in [0.1, 0.15) is 38.2 Å². The molecule has 0 amide bonds. The molecule has 1 aromatic rings. The second-order valence-electron chi connectivity index (χ2n) is 5.09. The van der Waals surface area contributed by atoms with Gasteiger partial charge in [0.1, 0.15) is 5.82 Å². The largest absolute Gasteiger partial charge is 0.310 e. The van der Waals surface area contributed by atoms with E-state index in [1.54, 1.807) is 12.1 Å². The van der Waals surface area contributed by atoms with Crippen LogP contribution in [0.3, 0.4) is 0 Å². The molecule has 1 aliphatic rings. The molecule has 2 atom stereocenters. The topological polar surface area (TPSA) is 12.0 Å². The first-order chi connectivity index (χ1) is 8.15. The van der Waals surface area contributed by atoms with Crippen molar-refractivity contribution in [2.45, 2.75) is 45.2 Å². The van der Waals surface area contributed by atoms with E-state index in [-0.39, 0.29) is 5.82 Å². The Labute approximate surface area is 111 Å².